The molecule has 1 N–H and O–H groups in total. The molecule has 3 rings (SSSR count). The summed E-state index contributed by atoms with van der Waals surface area (Å²) >= 11 is 0. The molecule has 1 atom stereocenters. The summed E-state index contributed by atoms with van der Waals surface area (Å²) in [6, 6.07) is 14.1. The van der Waals surface area contributed by atoms with Crippen molar-refractivity contribution < 1.29 is 23.8 Å². The number of para-hydroxylation sites is 1. The number of hydrogen-bond donors (Lipinski definition) is 1. The molecule has 0 spiro atoms. The van der Waals surface area contributed by atoms with Crippen molar-refractivity contribution in [2.75, 3.05) is 0 Å². The van der Waals surface area contributed by atoms with Crippen LogP contribution >= 0.6 is 0 Å². The van der Waals surface area contributed by atoms with Crippen molar-refractivity contribution in [1.29, 1.82) is 0 Å². The van der Waals surface area contributed by atoms with E-state index in [0.717, 1.165) is 18.6 Å². The van der Waals surface area contributed by atoms with Crippen LogP contribution < -0.4 is 15.1 Å². The Morgan fingerprint density at radius 2 is 1.77 bits per heavy atom. The lowest BCUT2D eigenvalue weighted by Gasteiger charge is -2.20. The summed E-state index contributed by atoms with van der Waals surface area (Å²) in [6.07, 6.45) is 2.64. The highest BCUT2D eigenvalue weighted by Gasteiger charge is 2.18. The first-order chi connectivity index (χ1) is 14.8. The zero-order chi connectivity index (χ0) is 22.4. The summed E-state index contributed by atoms with van der Waals surface area (Å²) in [5.41, 5.74) is -0.215. The van der Waals surface area contributed by atoms with E-state index in [4.69, 9.17) is 13.9 Å². The largest absolute Gasteiger partial charge is 0.507 e. The molecule has 0 radical (unpaired) electrons. The number of fused-ring (bicyclic) bond motifs is 1. The van der Waals surface area contributed by atoms with Gasteiger partial charge in [0.05, 0.1) is 17.1 Å². The molecule has 1 heterocycles. The van der Waals surface area contributed by atoms with Crippen LogP contribution in [-0.4, -0.2) is 17.2 Å². The Balaban J connectivity index is 1.80. The zero-order valence-electron chi connectivity index (χ0n) is 18.1. The van der Waals surface area contributed by atoms with Crippen molar-refractivity contribution in [2.24, 2.45) is 5.92 Å². The fourth-order valence-corrected chi connectivity index (χ4v) is 3.43. The van der Waals surface area contributed by atoms with Gasteiger partial charge in [-0.15, -0.1) is 0 Å². The van der Waals surface area contributed by atoms with Crippen LogP contribution in [0.2, 0.25) is 0 Å². The van der Waals surface area contributed by atoms with Gasteiger partial charge < -0.3 is 19.0 Å². The first-order valence-electron chi connectivity index (χ1n) is 10.5. The first kappa shape index (κ1) is 22.4. The number of ether oxygens (including phenoxy) is 2. The van der Waals surface area contributed by atoms with Crippen molar-refractivity contribution in [3.63, 3.8) is 0 Å². The van der Waals surface area contributed by atoms with Gasteiger partial charge in [-0.1, -0.05) is 32.0 Å². The minimum Gasteiger partial charge on any atom is -0.507 e. The summed E-state index contributed by atoms with van der Waals surface area (Å²) in [5.74, 6) is 0.980. The van der Waals surface area contributed by atoms with Crippen LogP contribution in [0.15, 0.2) is 57.7 Å². The highest BCUT2D eigenvalue weighted by atomic mass is 16.5. The number of esters is 1. The minimum atomic E-state index is -0.604. The molecule has 6 nitrogen and oxygen atoms in total. The Hall–Kier alpha value is -3.28. The molecule has 3 aromatic rings. The number of carbonyl (C=O) groups is 1. The molecular formula is C25H28O6. The van der Waals surface area contributed by atoms with E-state index in [1.54, 1.807) is 12.1 Å². The van der Waals surface area contributed by atoms with E-state index in [9.17, 15) is 14.7 Å². The van der Waals surface area contributed by atoms with Crippen molar-refractivity contribution in [1.82, 2.24) is 0 Å². The average molecular weight is 424 g/mol. The van der Waals surface area contributed by atoms with Crippen LogP contribution in [0.3, 0.4) is 0 Å². The van der Waals surface area contributed by atoms with Crippen molar-refractivity contribution in [3.05, 3.63) is 64.5 Å². The van der Waals surface area contributed by atoms with Crippen LogP contribution in [0.1, 0.15) is 45.6 Å². The fraction of sp³-hybridized carbons (Fsp3) is 0.360. The molecule has 0 amide bonds. The van der Waals surface area contributed by atoms with E-state index < -0.39 is 11.6 Å². The van der Waals surface area contributed by atoms with E-state index in [1.165, 1.54) is 13.0 Å². The van der Waals surface area contributed by atoms with Gasteiger partial charge in [0.1, 0.15) is 22.8 Å². The van der Waals surface area contributed by atoms with Gasteiger partial charge in [-0.25, -0.2) is 4.79 Å². The molecule has 1 aromatic heterocycles. The Morgan fingerprint density at radius 1 is 1.03 bits per heavy atom. The van der Waals surface area contributed by atoms with Gasteiger partial charge in [0, 0.05) is 13.0 Å². The number of hydrogen-bond acceptors (Lipinski definition) is 6. The topological polar surface area (TPSA) is 86.0 Å². The van der Waals surface area contributed by atoms with Gasteiger partial charge in [0.2, 0.25) is 0 Å². The molecule has 0 aliphatic rings. The number of benzene rings is 2. The van der Waals surface area contributed by atoms with Crippen molar-refractivity contribution in [3.8, 4) is 17.2 Å². The SMILES string of the molecule is CC(=O)Oc1ccc2c(O)c(CCC(CCC(C)C)Oc3ccccc3)c(=O)oc2c1. The fourth-order valence-electron chi connectivity index (χ4n) is 3.43. The monoisotopic (exact) mass is 424 g/mol. The van der Waals surface area contributed by atoms with Gasteiger partial charge in [-0.2, -0.15) is 0 Å². The van der Waals surface area contributed by atoms with Gasteiger partial charge >= 0.3 is 11.6 Å². The van der Waals surface area contributed by atoms with Crippen LogP contribution in [-0.2, 0) is 11.2 Å². The predicted octanol–water partition coefficient (Wildman–Crippen LogP) is 5.24. The van der Waals surface area contributed by atoms with Crippen LogP contribution in [0, 0.1) is 5.92 Å². The molecule has 0 aliphatic carbocycles. The van der Waals surface area contributed by atoms with Crippen LogP contribution in [0.25, 0.3) is 11.0 Å². The lowest BCUT2D eigenvalue weighted by atomic mass is 9.99. The zero-order valence-corrected chi connectivity index (χ0v) is 18.1. The molecule has 1 unspecified atom stereocenters. The third-order valence-corrected chi connectivity index (χ3v) is 5.03. The maximum atomic E-state index is 12.5. The summed E-state index contributed by atoms with van der Waals surface area (Å²) in [7, 11) is 0. The lowest BCUT2D eigenvalue weighted by molar-refractivity contribution is -0.131. The van der Waals surface area contributed by atoms with Crippen LogP contribution in [0.5, 0.6) is 17.2 Å². The van der Waals surface area contributed by atoms with E-state index in [-0.39, 0.29) is 28.7 Å². The number of rotatable bonds is 9. The van der Waals surface area contributed by atoms with Crippen LogP contribution in [0.4, 0.5) is 0 Å². The molecule has 164 valence electrons. The van der Waals surface area contributed by atoms with Gasteiger partial charge in [-0.3, -0.25) is 4.79 Å². The second-order valence-corrected chi connectivity index (χ2v) is 8.03. The molecule has 6 heteroatoms. The smallest absolute Gasteiger partial charge is 0.343 e. The maximum absolute atomic E-state index is 12.5. The predicted molar refractivity (Wildman–Crippen MR) is 119 cm³/mol. The van der Waals surface area contributed by atoms with Gasteiger partial charge in [-0.05, 0) is 55.9 Å². The molecule has 0 fully saturated rings. The second kappa shape index (κ2) is 10.2. The van der Waals surface area contributed by atoms with Crippen molar-refractivity contribution >= 4 is 16.9 Å². The number of aromatic hydroxyl groups is 1. The third kappa shape index (κ3) is 6.10. The first-order valence-corrected chi connectivity index (χ1v) is 10.5. The maximum Gasteiger partial charge on any atom is 0.343 e. The molecule has 0 saturated heterocycles. The Bertz CT molecular complexity index is 1080. The molecule has 0 saturated carbocycles. The van der Waals surface area contributed by atoms with Gasteiger partial charge in [0.15, 0.2) is 0 Å². The Morgan fingerprint density at radius 3 is 2.45 bits per heavy atom. The molecule has 0 bridgehead atoms. The Labute approximate surface area is 181 Å². The normalized spacial score (nSPS) is 12.1. The minimum absolute atomic E-state index is 0.0920. The highest BCUT2D eigenvalue weighted by Crippen LogP contribution is 2.30. The number of carbonyl (C=O) groups excluding carboxylic acids is 1. The summed E-state index contributed by atoms with van der Waals surface area (Å²) < 4.78 is 16.6. The van der Waals surface area contributed by atoms with E-state index in [1.807, 2.05) is 30.3 Å². The van der Waals surface area contributed by atoms with Gasteiger partial charge in [0.25, 0.3) is 0 Å². The molecule has 31 heavy (non-hydrogen) atoms. The lowest BCUT2D eigenvalue weighted by Crippen LogP contribution is -2.20. The average Bonchev–Trinajstić information content (AvgIpc) is 2.71. The van der Waals surface area contributed by atoms with E-state index in [2.05, 4.69) is 13.8 Å². The second-order valence-electron chi connectivity index (χ2n) is 8.03. The van der Waals surface area contributed by atoms with E-state index >= 15 is 0 Å². The standard InChI is InChI=1S/C25H28O6/c1-16(2)9-10-19(30-18-7-5-4-6-8-18)11-14-22-24(27)21-13-12-20(29-17(3)26)15-23(21)31-25(22)28/h4-8,12-13,15-16,19,27H,9-11,14H2,1-3H3. The summed E-state index contributed by atoms with van der Waals surface area (Å²) in [4.78, 5) is 23.7. The Kier molecular flexibility index (Phi) is 7.34. The summed E-state index contributed by atoms with van der Waals surface area (Å²) in [5, 5.41) is 11.1. The third-order valence-electron chi connectivity index (χ3n) is 5.03. The van der Waals surface area contributed by atoms with E-state index in [0.29, 0.717) is 24.1 Å². The molecule has 2 aromatic carbocycles. The molecule has 0 aliphatic heterocycles. The molecular weight excluding hydrogens is 396 g/mol. The highest BCUT2D eigenvalue weighted by molar-refractivity contribution is 5.85. The quantitative estimate of drug-likeness (QED) is 0.287. The van der Waals surface area contributed by atoms with Crippen molar-refractivity contribution in [2.45, 2.75) is 52.6 Å². The summed E-state index contributed by atoms with van der Waals surface area (Å²) in [6.45, 7) is 5.61.